The molecule has 2 aromatic carbocycles. The summed E-state index contributed by atoms with van der Waals surface area (Å²) in [6.07, 6.45) is 0. The average molecular weight is 454 g/mol. The van der Waals surface area contributed by atoms with E-state index in [1.165, 1.54) is 11.8 Å². The molecule has 0 aliphatic rings. The third-order valence-corrected chi connectivity index (χ3v) is 7.51. The molecule has 1 atom stereocenters. The lowest BCUT2D eigenvalue weighted by Gasteiger charge is -2.17. The van der Waals surface area contributed by atoms with E-state index in [1.807, 2.05) is 61.6 Å². The fourth-order valence-electron chi connectivity index (χ4n) is 3.29. The SMILES string of the molecule is Cc1ccc(S(=O)(=O)NC[C@@H](Sc2nnc3nc(C)cc(C)n23)c2ccccc2)cc1. The summed E-state index contributed by atoms with van der Waals surface area (Å²) >= 11 is 1.46. The first-order valence-electron chi connectivity index (χ1n) is 9.81. The van der Waals surface area contributed by atoms with E-state index in [2.05, 4.69) is 19.9 Å². The van der Waals surface area contributed by atoms with E-state index in [0.717, 1.165) is 22.5 Å². The standard InChI is InChI=1S/C22H23N5O2S2/c1-15-9-11-19(12-10-15)31(28,29)23-14-20(18-7-5-4-6-8-18)30-22-26-25-21-24-16(2)13-17(3)27(21)22/h4-13,20,23H,14H2,1-3H3/t20-/m1/s1. The number of fused-ring (bicyclic) bond motifs is 1. The second kappa shape index (κ2) is 8.78. The number of hydrogen-bond acceptors (Lipinski definition) is 6. The number of benzene rings is 2. The van der Waals surface area contributed by atoms with Gasteiger partial charge in [0.15, 0.2) is 5.16 Å². The highest BCUT2D eigenvalue weighted by Gasteiger charge is 2.22. The Kier molecular flexibility index (Phi) is 6.08. The molecular weight excluding hydrogens is 430 g/mol. The zero-order chi connectivity index (χ0) is 22.0. The van der Waals surface area contributed by atoms with Gasteiger partial charge in [-0.05, 0) is 44.5 Å². The third-order valence-electron chi connectivity index (χ3n) is 4.87. The van der Waals surface area contributed by atoms with Crippen molar-refractivity contribution in [3.05, 3.63) is 83.2 Å². The van der Waals surface area contributed by atoms with E-state index in [4.69, 9.17) is 0 Å². The molecule has 0 unspecified atom stereocenters. The number of aryl methyl sites for hydroxylation is 3. The van der Waals surface area contributed by atoms with E-state index in [-0.39, 0.29) is 16.7 Å². The number of nitrogens with zero attached hydrogens (tertiary/aromatic N) is 4. The zero-order valence-electron chi connectivity index (χ0n) is 17.5. The van der Waals surface area contributed by atoms with Gasteiger partial charge < -0.3 is 0 Å². The molecule has 160 valence electrons. The normalized spacial score (nSPS) is 12.9. The number of hydrogen-bond donors (Lipinski definition) is 1. The van der Waals surface area contributed by atoms with Crippen molar-refractivity contribution < 1.29 is 8.42 Å². The highest BCUT2D eigenvalue weighted by atomic mass is 32.2. The Morgan fingerprint density at radius 3 is 2.42 bits per heavy atom. The van der Waals surface area contributed by atoms with Gasteiger partial charge in [-0.1, -0.05) is 59.8 Å². The topological polar surface area (TPSA) is 89.2 Å². The van der Waals surface area contributed by atoms with Crippen LogP contribution in [0.3, 0.4) is 0 Å². The molecular formula is C22H23N5O2S2. The molecule has 4 rings (SSSR count). The predicted octanol–water partition coefficient (Wildman–Crippen LogP) is 3.86. The number of sulfonamides is 1. The van der Waals surface area contributed by atoms with Gasteiger partial charge in [0, 0.05) is 17.9 Å². The van der Waals surface area contributed by atoms with Crippen LogP contribution in [0.2, 0.25) is 0 Å². The van der Waals surface area contributed by atoms with Crippen molar-refractivity contribution in [1.29, 1.82) is 0 Å². The van der Waals surface area contributed by atoms with Crippen LogP contribution >= 0.6 is 11.8 Å². The largest absolute Gasteiger partial charge is 0.259 e. The molecule has 0 bridgehead atoms. The van der Waals surface area contributed by atoms with Crippen molar-refractivity contribution in [1.82, 2.24) is 24.3 Å². The molecule has 0 radical (unpaired) electrons. The van der Waals surface area contributed by atoms with Crippen LogP contribution in [0.25, 0.3) is 5.78 Å². The second-order valence-corrected chi connectivity index (χ2v) is 10.3. The molecule has 0 aliphatic carbocycles. The summed E-state index contributed by atoms with van der Waals surface area (Å²) < 4.78 is 30.3. The van der Waals surface area contributed by atoms with Gasteiger partial charge in [0.05, 0.1) is 10.1 Å². The monoisotopic (exact) mass is 453 g/mol. The second-order valence-electron chi connectivity index (χ2n) is 7.34. The summed E-state index contributed by atoms with van der Waals surface area (Å²) in [6, 6.07) is 18.6. The molecule has 0 aliphatic heterocycles. The van der Waals surface area contributed by atoms with Gasteiger partial charge in [-0.2, -0.15) is 0 Å². The quantitative estimate of drug-likeness (QED) is 0.428. The molecule has 2 heterocycles. The Bertz CT molecular complexity index is 1300. The Balaban J connectivity index is 1.62. The number of nitrogens with one attached hydrogen (secondary N) is 1. The minimum Gasteiger partial charge on any atom is -0.259 e. The molecule has 1 N–H and O–H groups in total. The van der Waals surface area contributed by atoms with E-state index in [1.54, 1.807) is 24.3 Å². The van der Waals surface area contributed by atoms with E-state index < -0.39 is 10.0 Å². The van der Waals surface area contributed by atoms with E-state index in [0.29, 0.717) is 10.9 Å². The fraction of sp³-hybridized carbons (Fsp3) is 0.227. The first kappa shape index (κ1) is 21.5. The van der Waals surface area contributed by atoms with Crippen LogP contribution in [0.5, 0.6) is 0 Å². The van der Waals surface area contributed by atoms with Crippen molar-refractivity contribution in [2.75, 3.05) is 6.54 Å². The predicted molar refractivity (Wildman–Crippen MR) is 122 cm³/mol. The van der Waals surface area contributed by atoms with Crippen LogP contribution < -0.4 is 4.72 Å². The summed E-state index contributed by atoms with van der Waals surface area (Å²) in [4.78, 5) is 4.68. The maximum Gasteiger partial charge on any atom is 0.256 e. The Morgan fingerprint density at radius 2 is 1.71 bits per heavy atom. The maximum atomic E-state index is 12.8. The zero-order valence-corrected chi connectivity index (χ0v) is 19.1. The molecule has 2 aromatic heterocycles. The van der Waals surface area contributed by atoms with Crippen LogP contribution in [0, 0.1) is 20.8 Å². The van der Waals surface area contributed by atoms with Crippen molar-refractivity contribution in [2.45, 2.75) is 36.1 Å². The Morgan fingerprint density at radius 1 is 1.00 bits per heavy atom. The van der Waals surface area contributed by atoms with Crippen LogP contribution in [-0.2, 0) is 10.0 Å². The van der Waals surface area contributed by atoms with Crippen LogP contribution in [0.4, 0.5) is 0 Å². The molecule has 0 amide bonds. The molecule has 31 heavy (non-hydrogen) atoms. The van der Waals surface area contributed by atoms with Crippen molar-refractivity contribution in [3.63, 3.8) is 0 Å². The summed E-state index contributed by atoms with van der Waals surface area (Å²) in [6.45, 7) is 6.03. The first-order valence-corrected chi connectivity index (χ1v) is 12.2. The molecule has 0 fully saturated rings. The van der Waals surface area contributed by atoms with Gasteiger partial charge in [-0.25, -0.2) is 18.1 Å². The van der Waals surface area contributed by atoms with Crippen LogP contribution in [0.15, 0.2) is 70.7 Å². The van der Waals surface area contributed by atoms with Gasteiger partial charge >= 0.3 is 0 Å². The van der Waals surface area contributed by atoms with Gasteiger partial charge in [0.2, 0.25) is 10.0 Å². The molecule has 0 saturated carbocycles. The number of aromatic nitrogens is 4. The highest BCUT2D eigenvalue weighted by Crippen LogP contribution is 2.34. The summed E-state index contributed by atoms with van der Waals surface area (Å²) in [7, 11) is -3.63. The minimum absolute atomic E-state index is 0.200. The molecule has 7 nitrogen and oxygen atoms in total. The summed E-state index contributed by atoms with van der Waals surface area (Å²) in [5, 5.41) is 8.98. The Hall–Kier alpha value is -2.75. The number of rotatable bonds is 7. The van der Waals surface area contributed by atoms with E-state index in [9.17, 15) is 8.42 Å². The number of thioether (sulfide) groups is 1. The summed E-state index contributed by atoms with van der Waals surface area (Å²) in [5.41, 5.74) is 3.85. The highest BCUT2D eigenvalue weighted by molar-refractivity contribution is 7.99. The minimum atomic E-state index is -3.63. The molecule has 0 spiro atoms. The van der Waals surface area contributed by atoms with Gasteiger partial charge in [-0.15, -0.1) is 10.2 Å². The molecule has 9 heteroatoms. The van der Waals surface area contributed by atoms with Crippen molar-refractivity contribution in [3.8, 4) is 0 Å². The molecule has 4 aromatic rings. The Labute approximate surface area is 186 Å². The first-order chi connectivity index (χ1) is 14.8. The van der Waals surface area contributed by atoms with Gasteiger partial charge in [0.1, 0.15) is 0 Å². The van der Waals surface area contributed by atoms with E-state index >= 15 is 0 Å². The lowest BCUT2D eigenvalue weighted by molar-refractivity contribution is 0.581. The maximum absolute atomic E-state index is 12.8. The lowest BCUT2D eigenvalue weighted by atomic mass is 10.1. The lowest BCUT2D eigenvalue weighted by Crippen LogP contribution is -2.27. The summed E-state index contributed by atoms with van der Waals surface area (Å²) in [5.74, 6) is 0.534. The fourth-order valence-corrected chi connectivity index (χ4v) is 5.57. The smallest absolute Gasteiger partial charge is 0.256 e. The van der Waals surface area contributed by atoms with Gasteiger partial charge in [-0.3, -0.25) is 4.40 Å². The van der Waals surface area contributed by atoms with Crippen molar-refractivity contribution in [2.24, 2.45) is 0 Å². The van der Waals surface area contributed by atoms with Crippen molar-refractivity contribution >= 4 is 27.6 Å². The molecule has 0 saturated heterocycles. The third kappa shape index (κ3) is 4.79. The van der Waals surface area contributed by atoms with Gasteiger partial charge in [0.25, 0.3) is 5.78 Å². The van der Waals surface area contributed by atoms with Crippen LogP contribution in [0.1, 0.15) is 27.8 Å². The average Bonchev–Trinajstić information content (AvgIpc) is 3.15. The van der Waals surface area contributed by atoms with Crippen LogP contribution in [-0.4, -0.2) is 34.5 Å².